The lowest BCUT2D eigenvalue weighted by molar-refractivity contribution is -0.143. The van der Waals surface area contributed by atoms with Crippen LogP contribution in [0, 0.1) is 12.8 Å². The van der Waals surface area contributed by atoms with E-state index in [0.717, 1.165) is 6.20 Å². The van der Waals surface area contributed by atoms with E-state index in [1.54, 1.807) is 6.92 Å². The van der Waals surface area contributed by atoms with Gasteiger partial charge in [-0.25, -0.2) is 18.1 Å². The van der Waals surface area contributed by atoms with Crippen LogP contribution in [0.15, 0.2) is 17.1 Å². The van der Waals surface area contributed by atoms with Crippen LogP contribution in [0.2, 0.25) is 0 Å². The van der Waals surface area contributed by atoms with Gasteiger partial charge in [-0.1, -0.05) is 13.8 Å². The summed E-state index contributed by atoms with van der Waals surface area (Å²) in [6.45, 7) is 2.86. The lowest BCUT2D eigenvalue weighted by Gasteiger charge is -2.21. The summed E-state index contributed by atoms with van der Waals surface area (Å²) in [7, 11) is -4.66. The number of aryl methyl sites for hydroxylation is 1. The maximum absolute atomic E-state index is 14.7. The molecule has 1 fully saturated rings. The summed E-state index contributed by atoms with van der Waals surface area (Å²) in [6.07, 6.45) is -1.97. The molecule has 14 heteroatoms. The number of phosphoric acid groups is 1. The quantitative estimate of drug-likeness (QED) is 0.300. The van der Waals surface area contributed by atoms with E-state index < -0.39 is 62.2 Å². The maximum atomic E-state index is 14.7. The summed E-state index contributed by atoms with van der Waals surface area (Å²) in [5.41, 5.74) is -0.553. The molecule has 1 aromatic heterocycles. The Balaban J connectivity index is 1.94. The van der Waals surface area contributed by atoms with Crippen molar-refractivity contribution in [2.45, 2.75) is 50.8 Å². The van der Waals surface area contributed by atoms with E-state index in [4.69, 9.17) is 30.1 Å². The second-order valence-electron chi connectivity index (χ2n) is 6.94. The van der Waals surface area contributed by atoms with Gasteiger partial charge < -0.3 is 14.4 Å². The normalized spacial score (nSPS) is 25.7. The summed E-state index contributed by atoms with van der Waals surface area (Å²) < 4.78 is 61.6. The number of phosphoric ester groups is 1. The number of carbonyl (C=O) groups is 1. The number of hydrogen-bond donors (Lipinski definition) is 1. The molecule has 1 N–H and O–H groups in total. The van der Waals surface area contributed by atoms with Gasteiger partial charge in [-0.2, -0.15) is 4.98 Å². The summed E-state index contributed by atoms with van der Waals surface area (Å²) in [5.74, 6) is -5.42. The van der Waals surface area contributed by atoms with Crippen molar-refractivity contribution in [2.24, 2.45) is 5.92 Å². The van der Waals surface area contributed by atoms with Crippen LogP contribution in [-0.4, -0.2) is 57.6 Å². The van der Waals surface area contributed by atoms with Crippen molar-refractivity contribution < 1.29 is 41.6 Å². The molecule has 31 heavy (non-hydrogen) atoms. The van der Waals surface area contributed by atoms with Gasteiger partial charge in [0.15, 0.2) is 0 Å². The minimum atomic E-state index is -4.66. The molecular formula is C17H24ClF2N2O8P. The van der Waals surface area contributed by atoms with Crippen LogP contribution < -0.4 is 5.69 Å². The second kappa shape index (κ2) is 10.5. The molecule has 0 radical (unpaired) electrons. The fourth-order valence-corrected chi connectivity index (χ4v) is 3.66. The topological polar surface area (TPSA) is 126 Å². The standard InChI is InChI=1S/C17H24ClF2N2O8P/c1-4-14(23)27-7-12(18)8-28-31(25,26)29-9-13-11(3)17(19,20)15(30-13)22-6-5-10(2)21-16(22)24/h5-6,11-13,15H,4,7-9H2,1-3H3,(H,25,26). The molecule has 1 aliphatic rings. The number of alkyl halides is 3. The molecule has 176 valence electrons. The minimum absolute atomic E-state index is 0.141. The molecule has 0 amide bonds. The smallest absolute Gasteiger partial charge is 0.464 e. The van der Waals surface area contributed by atoms with Crippen LogP contribution >= 0.6 is 19.4 Å². The first kappa shape index (κ1) is 25.8. The zero-order valence-electron chi connectivity index (χ0n) is 17.1. The van der Waals surface area contributed by atoms with Crippen LogP contribution in [0.5, 0.6) is 0 Å². The maximum Gasteiger partial charge on any atom is 0.472 e. The summed E-state index contributed by atoms with van der Waals surface area (Å²) in [6, 6.07) is 1.38. The van der Waals surface area contributed by atoms with Crippen LogP contribution in [0.1, 0.15) is 32.2 Å². The number of rotatable bonds is 10. The van der Waals surface area contributed by atoms with E-state index in [-0.39, 0.29) is 13.0 Å². The Labute approximate surface area is 182 Å². The highest BCUT2D eigenvalue weighted by atomic mass is 35.5. The van der Waals surface area contributed by atoms with Crippen LogP contribution in [0.3, 0.4) is 0 Å². The van der Waals surface area contributed by atoms with Gasteiger partial charge in [-0.15, -0.1) is 11.6 Å². The summed E-state index contributed by atoms with van der Waals surface area (Å²) in [5, 5.41) is -0.921. The van der Waals surface area contributed by atoms with Crippen molar-refractivity contribution in [3.63, 3.8) is 0 Å². The van der Waals surface area contributed by atoms with Gasteiger partial charge in [0, 0.05) is 18.3 Å². The number of carbonyl (C=O) groups excluding carboxylic acids is 1. The molecule has 1 aliphatic heterocycles. The summed E-state index contributed by atoms with van der Waals surface area (Å²) >= 11 is 5.84. The molecule has 1 aromatic rings. The molecule has 0 spiro atoms. The van der Waals surface area contributed by atoms with Crippen molar-refractivity contribution >= 4 is 25.4 Å². The lowest BCUT2D eigenvalue weighted by atomic mass is 10.00. The Morgan fingerprint density at radius 2 is 2.13 bits per heavy atom. The highest BCUT2D eigenvalue weighted by Crippen LogP contribution is 2.49. The first-order chi connectivity index (χ1) is 14.4. The third-order valence-corrected chi connectivity index (χ3v) is 5.76. The molecule has 0 saturated carbocycles. The molecule has 1 saturated heterocycles. The number of hydrogen-bond acceptors (Lipinski definition) is 8. The van der Waals surface area contributed by atoms with Gasteiger partial charge in [-0.3, -0.25) is 18.4 Å². The van der Waals surface area contributed by atoms with E-state index in [1.807, 2.05) is 0 Å². The molecule has 0 aromatic carbocycles. The third kappa shape index (κ3) is 6.77. The van der Waals surface area contributed by atoms with E-state index in [9.17, 15) is 27.8 Å². The fourth-order valence-electron chi connectivity index (χ4n) is 2.67. The predicted octanol–water partition coefficient (Wildman–Crippen LogP) is 2.41. The van der Waals surface area contributed by atoms with Crippen LogP contribution in [0.25, 0.3) is 0 Å². The number of halogens is 3. The van der Waals surface area contributed by atoms with Gasteiger partial charge in [0.05, 0.1) is 30.6 Å². The van der Waals surface area contributed by atoms with E-state index >= 15 is 0 Å². The first-order valence-corrected chi connectivity index (χ1v) is 11.3. The van der Waals surface area contributed by atoms with Gasteiger partial charge in [-0.05, 0) is 13.0 Å². The predicted molar refractivity (Wildman–Crippen MR) is 104 cm³/mol. The van der Waals surface area contributed by atoms with Crippen molar-refractivity contribution in [1.82, 2.24) is 9.55 Å². The lowest BCUT2D eigenvalue weighted by Crippen LogP contribution is -2.37. The average Bonchev–Trinajstić information content (AvgIpc) is 2.92. The van der Waals surface area contributed by atoms with Crippen LogP contribution in [-0.2, 0) is 27.9 Å². The number of esters is 1. The van der Waals surface area contributed by atoms with Crippen molar-refractivity contribution in [1.29, 1.82) is 0 Å². The Morgan fingerprint density at radius 3 is 2.74 bits per heavy atom. The van der Waals surface area contributed by atoms with Crippen molar-refractivity contribution in [3.05, 3.63) is 28.4 Å². The molecule has 10 nitrogen and oxygen atoms in total. The van der Waals surface area contributed by atoms with Crippen LogP contribution in [0.4, 0.5) is 8.78 Å². The average molecular weight is 489 g/mol. The van der Waals surface area contributed by atoms with Gasteiger partial charge in [0.25, 0.3) is 5.92 Å². The fraction of sp³-hybridized carbons (Fsp3) is 0.706. The number of nitrogens with zero attached hydrogens (tertiary/aromatic N) is 2. The monoisotopic (exact) mass is 488 g/mol. The van der Waals surface area contributed by atoms with E-state index in [1.165, 1.54) is 19.9 Å². The molecule has 2 heterocycles. The van der Waals surface area contributed by atoms with Gasteiger partial charge >= 0.3 is 19.5 Å². The molecule has 2 rings (SSSR count). The Kier molecular flexibility index (Phi) is 8.71. The summed E-state index contributed by atoms with van der Waals surface area (Å²) in [4.78, 5) is 36.4. The molecule has 0 aliphatic carbocycles. The van der Waals surface area contributed by atoms with Crippen molar-refractivity contribution in [2.75, 3.05) is 19.8 Å². The third-order valence-electron chi connectivity index (χ3n) is 4.55. The first-order valence-electron chi connectivity index (χ1n) is 9.38. The largest absolute Gasteiger partial charge is 0.472 e. The minimum Gasteiger partial charge on any atom is -0.464 e. The van der Waals surface area contributed by atoms with Gasteiger partial charge in [0.1, 0.15) is 6.61 Å². The Morgan fingerprint density at radius 1 is 1.45 bits per heavy atom. The highest BCUT2D eigenvalue weighted by molar-refractivity contribution is 7.47. The molecule has 5 atom stereocenters. The second-order valence-corrected chi connectivity index (χ2v) is 9.01. The number of aromatic nitrogens is 2. The Bertz CT molecular complexity index is 886. The SMILES string of the molecule is CCC(=O)OCC(Cl)COP(=O)(O)OCC1OC(n2ccc(C)nc2=O)C(F)(F)C1C. The number of ether oxygens (including phenoxy) is 2. The zero-order valence-corrected chi connectivity index (χ0v) is 18.7. The van der Waals surface area contributed by atoms with E-state index in [0.29, 0.717) is 10.3 Å². The Hall–Kier alpha value is -1.43. The molecule has 5 unspecified atom stereocenters. The van der Waals surface area contributed by atoms with Crippen molar-refractivity contribution in [3.8, 4) is 0 Å². The van der Waals surface area contributed by atoms with Gasteiger partial charge in [0.2, 0.25) is 6.23 Å². The highest BCUT2D eigenvalue weighted by Gasteiger charge is 2.58. The zero-order chi connectivity index (χ0) is 23.4. The van der Waals surface area contributed by atoms with E-state index in [2.05, 4.69) is 4.98 Å². The molecule has 0 bridgehead atoms. The molecular weight excluding hydrogens is 465 g/mol.